The Bertz CT molecular complexity index is 1080. The minimum atomic E-state index is -0.296. The van der Waals surface area contributed by atoms with Crippen LogP contribution in [0.5, 0.6) is 5.75 Å². The number of hydrogen-bond acceptors (Lipinski definition) is 7. The number of ether oxygens (including phenoxy) is 1. The average molecular weight is 422 g/mol. The monoisotopic (exact) mass is 421 g/mol. The van der Waals surface area contributed by atoms with E-state index in [1.165, 1.54) is 12.8 Å². The molecule has 0 radical (unpaired) electrons. The third kappa shape index (κ3) is 3.93. The van der Waals surface area contributed by atoms with Crippen LogP contribution in [0.25, 0.3) is 5.65 Å². The molecule has 2 aliphatic rings. The molecule has 162 valence electrons. The molecule has 9 nitrogen and oxygen atoms in total. The van der Waals surface area contributed by atoms with Crippen molar-refractivity contribution >= 4 is 23.2 Å². The molecule has 2 N–H and O–H groups in total. The molecule has 1 amide bonds. The number of nitrogens with zero attached hydrogens (tertiary/aromatic N) is 5. The molecule has 5 rings (SSSR count). The molecule has 0 bridgehead atoms. The van der Waals surface area contributed by atoms with Crippen molar-refractivity contribution < 1.29 is 9.53 Å². The first-order chi connectivity index (χ1) is 15.1. The van der Waals surface area contributed by atoms with Gasteiger partial charge in [-0.25, -0.2) is 4.98 Å². The SMILES string of the molecule is CCOc1cc2nc(C)cn2cc1C(=O)Nc1ccc(N2C[C@@H]3CCCN[C@@H]3C2)nn1. The third-order valence-electron chi connectivity index (χ3n) is 6.03. The lowest BCUT2D eigenvalue weighted by Gasteiger charge is -2.24. The van der Waals surface area contributed by atoms with E-state index < -0.39 is 0 Å². The molecular weight excluding hydrogens is 394 g/mol. The number of hydrogen-bond donors (Lipinski definition) is 2. The molecule has 2 fully saturated rings. The molecule has 0 spiro atoms. The second-order valence-electron chi connectivity index (χ2n) is 8.23. The Morgan fingerprint density at radius 3 is 2.97 bits per heavy atom. The van der Waals surface area contributed by atoms with Crippen molar-refractivity contribution in [1.82, 2.24) is 24.9 Å². The molecule has 0 aromatic carbocycles. The molecule has 31 heavy (non-hydrogen) atoms. The summed E-state index contributed by atoms with van der Waals surface area (Å²) in [4.78, 5) is 19.7. The van der Waals surface area contributed by atoms with E-state index in [1.54, 1.807) is 18.3 Å². The summed E-state index contributed by atoms with van der Waals surface area (Å²) >= 11 is 0. The molecule has 9 heteroatoms. The quantitative estimate of drug-likeness (QED) is 0.652. The van der Waals surface area contributed by atoms with Crippen molar-refractivity contribution in [2.75, 3.05) is 36.5 Å². The molecular formula is C22H27N7O2. The highest BCUT2D eigenvalue weighted by molar-refractivity contribution is 6.05. The lowest BCUT2D eigenvalue weighted by atomic mass is 9.94. The fraction of sp³-hybridized carbons (Fsp3) is 0.455. The van der Waals surface area contributed by atoms with E-state index in [-0.39, 0.29) is 5.91 Å². The summed E-state index contributed by atoms with van der Waals surface area (Å²) in [5.74, 6) is 2.13. The number of anilines is 2. The van der Waals surface area contributed by atoms with Crippen molar-refractivity contribution in [3.05, 3.63) is 41.9 Å². The fourth-order valence-corrected chi connectivity index (χ4v) is 4.57. The highest BCUT2D eigenvalue weighted by Gasteiger charge is 2.34. The van der Waals surface area contributed by atoms with E-state index in [0.29, 0.717) is 35.7 Å². The number of carbonyl (C=O) groups excluding carboxylic acids is 1. The van der Waals surface area contributed by atoms with E-state index in [4.69, 9.17) is 4.74 Å². The molecule has 2 atom stereocenters. The maximum Gasteiger partial charge on any atom is 0.262 e. The first-order valence-electron chi connectivity index (χ1n) is 10.9. The topological polar surface area (TPSA) is 96.7 Å². The van der Waals surface area contributed by atoms with Crippen molar-refractivity contribution in [3.8, 4) is 5.75 Å². The summed E-state index contributed by atoms with van der Waals surface area (Å²) in [6.07, 6.45) is 6.11. The third-order valence-corrected chi connectivity index (χ3v) is 6.03. The van der Waals surface area contributed by atoms with Crippen LogP contribution in [0.15, 0.2) is 30.6 Å². The number of amides is 1. The van der Waals surface area contributed by atoms with Crippen LogP contribution in [-0.2, 0) is 0 Å². The van der Waals surface area contributed by atoms with Crippen LogP contribution >= 0.6 is 0 Å². The largest absolute Gasteiger partial charge is 0.493 e. The first-order valence-corrected chi connectivity index (χ1v) is 10.9. The van der Waals surface area contributed by atoms with Gasteiger partial charge in [-0.2, -0.15) is 0 Å². The van der Waals surface area contributed by atoms with Gasteiger partial charge in [0.25, 0.3) is 5.91 Å². The van der Waals surface area contributed by atoms with Crippen LogP contribution in [-0.4, -0.2) is 57.8 Å². The predicted octanol–water partition coefficient (Wildman–Crippen LogP) is 2.27. The van der Waals surface area contributed by atoms with Gasteiger partial charge in [-0.3, -0.25) is 4.79 Å². The highest BCUT2D eigenvalue weighted by atomic mass is 16.5. The number of piperidine rings is 1. The zero-order valence-corrected chi connectivity index (χ0v) is 17.8. The van der Waals surface area contributed by atoms with Gasteiger partial charge < -0.3 is 24.7 Å². The number of imidazole rings is 1. The maximum absolute atomic E-state index is 13.0. The van der Waals surface area contributed by atoms with Gasteiger partial charge in [-0.1, -0.05) is 0 Å². The lowest BCUT2D eigenvalue weighted by molar-refractivity contribution is 0.102. The summed E-state index contributed by atoms with van der Waals surface area (Å²) in [7, 11) is 0. The molecule has 0 unspecified atom stereocenters. The minimum Gasteiger partial charge on any atom is -0.493 e. The minimum absolute atomic E-state index is 0.296. The zero-order valence-electron chi connectivity index (χ0n) is 17.8. The van der Waals surface area contributed by atoms with Crippen molar-refractivity contribution in [2.24, 2.45) is 5.92 Å². The van der Waals surface area contributed by atoms with Gasteiger partial charge in [0, 0.05) is 37.6 Å². The van der Waals surface area contributed by atoms with Crippen LogP contribution in [0.1, 0.15) is 35.8 Å². The van der Waals surface area contributed by atoms with Gasteiger partial charge >= 0.3 is 0 Å². The molecule has 0 saturated carbocycles. The molecule has 2 saturated heterocycles. The number of fused-ring (bicyclic) bond motifs is 2. The van der Waals surface area contributed by atoms with Crippen LogP contribution < -0.4 is 20.3 Å². The van der Waals surface area contributed by atoms with E-state index >= 15 is 0 Å². The summed E-state index contributed by atoms with van der Waals surface area (Å²) in [5.41, 5.74) is 2.04. The molecule has 3 aromatic rings. The number of aromatic nitrogens is 4. The van der Waals surface area contributed by atoms with Gasteiger partial charge in [0.15, 0.2) is 11.6 Å². The normalized spacial score (nSPS) is 20.6. The average Bonchev–Trinajstić information content (AvgIpc) is 3.36. The summed E-state index contributed by atoms with van der Waals surface area (Å²) in [5, 5.41) is 15.0. The summed E-state index contributed by atoms with van der Waals surface area (Å²) < 4.78 is 7.51. The number of carbonyl (C=O) groups is 1. The van der Waals surface area contributed by atoms with E-state index in [9.17, 15) is 4.79 Å². The van der Waals surface area contributed by atoms with E-state index in [2.05, 4.69) is 30.7 Å². The van der Waals surface area contributed by atoms with Crippen LogP contribution in [0.2, 0.25) is 0 Å². The molecule has 3 aromatic heterocycles. The standard InChI is InChI=1S/C22H27N7O2/c1-3-31-18-9-21-24-14(2)10-28(21)12-16(18)22(30)25-19-6-7-20(27-26-19)29-11-15-5-4-8-23-17(15)13-29/h6-7,9-10,12,15,17,23H,3-5,8,11,13H2,1-2H3,(H,25,26,30)/t15-,17+/m0/s1. The summed E-state index contributed by atoms with van der Waals surface area (Å²) in [6.45, 7) is 7.30. The van der Waals surface area contributed by atoms with Crippen LogP contribution in [0.3, 0.4) is 0 Å². The van der Waals surface area contributed by atoms with Gasteiger partial charge in [-0.15, -0.1) is 10.2 Å². The second kappa shape index (κ2) is 8.14. The Kier molecular flexibility index (Phi) is 5.19. The smallest absolute Gasteiger partial charge is 0.262 e. The molecule has 2 aliphatic heterocycles. The van der Waals surface area contributed by atoms with Crippen molar-refractivity contribution in [3.63, 3.8) is 0 Å². The van der Waals surface area contributed by atoms with Gasteiger partial charge in [0.1, 0.15) is 11.4 Å². The Labute approximate surface area is 180 Å². The first kappa shape index (κ1) is 19.7. The highest BCUT2D eigenvalue weighted by Crippen LogP contribution is 2.28. The van der Waals surface area contributed by atoms with Gasteiger partial charge in [-0.05, 0) is 51.3 Å². The number of aryl methyl sites for hydroxylation is 1. The Morgan fingerprint density at radius 2 is 2.19 bits per heavy atom. The summed E-state index contributed by atoms with van der Waals surface area (Å²) in [6, 6.07) is 6.04. The van der Waals surface area contributed by atoms with Gasteiger partial charge in [0.05, 0.1) is 17.9 Å². The van der Waals surface area contributed by atoms with E-state index in [0.717, 1.165) is 36.8 Å². The zero-order chi connectivity index (χ0) is 21.4. The Morgan fingerprint density at radius 1 is 1.29 bits per heavy atom. The lowest BCUT2D eigenvalue weighted by Crippen LogP contribution is -2.40. The van der Waals surface area contributed by atoms with Gasteiger partial charge in [0.2, 0.25) is 0 Å². The van der Waals surface area contributed by atoms with Crippen LogP contribution in [0, 0.1) is 12.8 Å². The van der Waals surface area contributed by atoms with Crippen molar-refractivity contribution in [1.29, 1.82) is 0 Å². The van der Waals surface area contributed by atoms with Crippen LogP contribution in [0.4, 0.5) is 11.6 Å². The number of rotatable bonds is 5. The maximum atomic E-state index is 13.0. The molecule has 0 aliphatic carbocycles. The number of nitrogens with one attached hydrogen (secondary N) is 2. The van der Waals surface area contributed by atoms with E-state index in [1.807, 2.05) is 30.5 Å². The predicted molar refractivity (Wildman–Crippen MR) is 118 cm³/mol. The Hall–Kier alpha value is -3.20. The Balaban J connectivity index is 1.32. The second-order valence-corrected chi connectivity index (χ2v) is 8.23. The molecule has 5 heterocycles. The fourth-order valence-electron chi connectivity index (χ4n) is 4.57. The number of pyridine rings is 1. The van der Waals surface area contributed by atoms with Crippen molar-refractivity contribution in [2.45, 2.75) is 32.7 Å².